The number of carbonyl (C=O) groups is 2. The zero-order chi connectivity index (χ0) is 10.3. The summed E-state index contributed by atoms with van der Waals surface area (Å²) >= 11 is 3.95. The van der Waals surface area contributed by atoms with E-state index < -0.39 is 12.0 Å². The molecule has 5 nitrogen and oxygen atoms in total. The summed E-state index contributed by atoms with van der Waals surface area (Å²) in [5.74, 6) is -0.127. The van der Waals surface area contributed by atoms with Gasteiger partial charge >= 0.3 is 6.09 Å². The van der Waals surface area contributed by atoms with Gasteiger partial charge in [0.25, 0.3) is 0 Å². The maximum Gasteiger partial charge on any atom is 0.407 e. The second-order valence-electron chi connectivity index (χ2n) is 2.41. The van der Waals surface area contributed by atoms with Crippen LogP contribution in [0.2, 0.25) is 0 Å². The number of amides is 2. The second kappa shape index (κ2) is 6.59. The van der Waals surface area contributed by atoms with E-state index in [0.29, 0.717) is 12.4 Å². The lowest BCUT2D eigenvalue weighted by Crippen LogP contribution is -2.39. The Bertz CT molecular complexity index is 187. The van der Waals surface area contributed by atoms with Crippen LogP contribution in [0.1, 0.15) is 13.3 Å². The lowest BCUT2D eigenvalue weighted by Gasteiger charge is -2.13. The molecule has 0 aliphatic rings. The van der Waals surface area contributed by atoms with Crippen molar-refractivity contribution in [2.45, 2.75) is 19.4 Å². The van der Waals surface area contributed by atoms with Crippen LogP contribution in [0.15, 0.2) is 0 Å². The number of hydrogen-bond donors (Lipinski definition) is 3. The van der Waals surface area contributed by atoms with E-state index in [0.717, 1.165) is 0 Å². The minimum Gasteiger partial charge on any atom is -0.450 e. The van der Waals surface area contributed by atoms with Crippen molar-refractivity contribution in [2.75, 3.05) is 12.4 Å². The van der Waals surface area contributed by atoms with Gasteiger partial charge in [-0.2, -0.15) is 12.6 Å². The number of nitrogens with one attached hydrogen (secondary N) is 1. The van der Waals surface area contributed by atoms with Gasteiger partial charge < -0.3 is 15.8 Å². The number of ether oxygens (including phenoxy) is 1. The SMILES string of the molecule is CCOC(=O)NC(CS)CC(N)=O. The number of carbonyl (C=O) groups excluding carboxylic acids is 2. The third-order valence-electron chi connectivity index (χ3n) is 1.27. The summed E-state index contributed by atoms with van der Waals surface area (Å²) in [6.45, 7) is 1.99. The van der Waals surface area contributed by atoms with Crippen LogP contribution in [0.25, 0.3) is 0 Å². The van der Waals surface area contributed by atoms with E-state index in [2.05, 4.69) is 22.7 Å². The Labute approximate surface area is 82.4 Å². The number of thiol groups is 1. The third kappa shape index (κ3) is 6.27. The molecule has 0 saturated heterocycles. The molecule has 2 amide bonds. The summed E-state index contributed by atoms with van der Waals surface area (Å²) in [5, 5.41) is 2.46. The standard InChI is InChI=1S/C7H14N2O3S/c1-2-12-7(11)9-5(4-13)3-6(8)10/h5,13H,2-4H2,1H3,(H2,8,10)(H,9,11). The van der Waals surface area contributed by atoms with E-state index >= 15 is 0 Å². The highest BCUT2D eigenvalue weighted by Crippen LogP contribution is 1.94. The normalized spacial score (nSPS) is 11.8. The number of primary amides is 1. The average molecular weight is 206 g/mol. The van der Waals surface area contributed by atoms with Gasteiger partial charge in [-0.15, -0.1) is 0 Å². The lowest BCUT2D eigenvalue weighted by molar-refractivity contribution is -0.118. The molecule has 0 spiro atoms. The topological polar surface area (TPSA) is 81.4 Å². The van der Waals surface area contributed by atoms with Crippen molar-refractivity contribution in [2.24, 2.45) is 5.73 Å². The van der Waals surface area contributed by atoms with Gasteiger partial charge in [0, 0.05) is 18.2 Å². The van der Waals surface area contributed by atoms with Crippen molar-refractivity contribution < 1.29 is 14.3 Å². The fourth-order valence-electron chi connectivity index (χ4n) is 0.744. The van der Waals surface area contributed by atoms with Crippen molar-refractivity contribution in [3.8, 4) is 0 Å². The van der Waals surface area contributed by atoms with Crippen molar-refractivity contribution in [1.82, 2.24) is 5.32 Å². The highest BCUT2D eigenvalue weighted by Gasteiger charge is 2.13. The van der Waals surface area contributed by atoms with Crippen LogP contribution in [-0.2, 0) is 9.53 Å². The summed E-state index contributed by atoms with van der Waals surface area (Å²) in [5.41, 5.74) is 4.95. The predicted molar refractivity (Wildman–Crippen MR) is 51.6 cm³/mol. The summed E-state index contributed by atoms with van der Waals surface area (Å²) < 4.78 is 4.62. The fraction of sp³-hybridized carbons (Fsp3) is 0.714. The van der Waals surface area contributed by atoms with Crippen molar-refractivity contribution in [3.63, 3.8) is 0 Å². The number of hydrogen-bond acceptors (Lipinski definition) is 4. The quantitative estimate of drug-likeness (QED) is 0.550. The lowest BCUT2D eigenvalue weighted by atomic mass is 10.2. The molecule has 0 saturated carbocycles. The van der Waals surface area contributed by atoms with Crippen LogP contribution >= 0.6 is 12.6 Å². The molecule has 13 heavy (non-hydrogen) atoms. The van der Waals surface area contributed by atoms with Crippen molar-refractivity contribution in [3.05, 3.63) is 0 Å². The molecule has 0 aromatic carbocycles. The first-order valence-corrected chi connectivity index (χ1v) is 4.55. The van der Waals surface area contributed by atoms with E-state index in [1.54, 1.807) is 6.92 Å². The zero-order valence-corrected chi connectivity index (χ0v) is 8.34. The molecule has 76 valence electrons. The first-order valence-electron chi connectivity index (χ1n) is 3.92. The molecule has 0 fully saturated rings. The number of rotatable bonds is 5. The molecule has 1 unspecified atom stereocenters. The van der Waals surface area contributed by atoms with Crippen LogP contribution in [0.5, 0.6) is 0 Å². The first-order chi connectivity index (χ1) is 6.10. The largest absolute Gasteiger partial charge is 0.450 e. The van der Waals surface area contributed by atoms with E-state index in [4.69, 9.17) is 5.73 Å². The average Bonchev–Trinajstić information content (AvgIpc) is 2.02. The highest BCUT2D eigenvalue weighted by molar-refractivity contribution is 7.80. The second-order valence-corrected chi connectivity index (χ2v) is 2.78. The van der Waals surface area contributed by atoms with Crippen LogP contribution in [0.3, 0.4) is 0 Å². The Kier molecular flexibility index (Phi) is 6.13. The molecule has 3 N–H and O–H groups in total. The van der Waals surface area contributed by atoms with Gasteiger partial charge in [0.2, 0.25) is 5.91 Å². The smallest absolute Gasteiger partial charge is 0.407 e. The molecule has 0 aliphatic heterocycles. The van der Waals surface area contributed by atoms with Crippen LogP contribution < -0.4 is 11.1 Å². The number of nitrogens with two attached hydrogens (primary N) is 1. The molecule has 0 heterocycles. The van der Waals surface area contributed by atoms with Gasteiger partial charge in [-0.1, -0.05) is 0 Å². The first kappa shape index (κ1) is 12.1. The molecular formula is C7H14N2O3S. The Morgan fingerprint density at radius 2 is 2.23 bits per heavy atom. The summed E-state index contributed by atoms with van der Waals surface area (Å²) in [7, 11) is 0. The van der Waals surface area contributed by atoms with Gasteiger partial charge in [0.05, 0.1) is 6.61 Å². The van der Waals surface area contributed by atoms with E-state index in [-0.39, 0.29) is 12.5 Å². The van der Waals surface area contributed by atoms with E-state index in [9.17, 15) is 9.59 Å². The van der Waals surface area contributed by atoms with Gasteiger partial charge in [-0.05, 0) is 6.92 Å². The molecule has 0 aromatic heterocycles. The van der Waals surface area contributed by atoms with E-state index in [1.807, 2.05) is 0 Å². The van der Waals surface area contributed by atoms with Gasteiger partial charge in [-0.3, -0.25) is 4.79 Å². The Hall–Kier alpha value is -0.910. The summed E-state index contributed by atoms with van der Waals surface area (Å²) in [6.07, 6.45) is -0.481. The van der Waals surface area contributed by atoms with Crippen molar-refractivity contribution in [1.29, 1.82) is 0 Å². The summed E-state index contributed by atoms with van der Waals surface area (Å²) in [4.78, 5) is 21.4. The number of alkyl carbamates (subject to hydrolysis) is 1. The monoisotopic (exact) mass is 206 g/mol. The minimum absolute atomic E-state index is 0.0717. The molecule has 0 rings (SSSR count). The molecule has 0 aliphatic carbocycles. The van der Waals surface area contributed by atoms with Gasteiger partial charge in [-0.25, -0.2) is 4.79 Å². The third-order valence-corrected chi connectivity index (χ3v) is 1.71. The maximum absolute atomic E-state index is 10.9. The molecule has 0 aromatic rings. The highest BCUT2D eigenvalue weighted by atomic mass is 32.1. The molecule has 0 radical (unpaired) electrons. The Morgan fingerprint density at radius 1 is 1.62 bits per heavy atom. The minimum atomic E-state index is -0.553. The molecular weight excluding hydrogens is 192 g/mol. The predicted octanol–water partition coefficient (Wildman–Crippen LogP) is -0.0937. The maximum atomic E-state index is 10.9. The molecule has 1 atom stereocenters. The van der Waals surface area contributed by atoms with E-state index in [1.165, 1.54) is 0 Å². The summed E-state index contributed by atoms with van der Waals surface area (Å²) in [6, 6.07) is -0.361. The molecule has 6 heteroatoms. The van der Waals surface area contributed by atoms with Crippen LogP contribution in [-0.4, -0.2) is 30.4 Å². The van der Waals surface area contributed by atoms with Crippen molar-refractivity contribution >= 4 is 24.6 Å². The van der Waals surface area contributed by atoms with Crippen LogP contribution in [0, 0.1) is 0 Å². The van der Waals surface area contributed by atoms with Gasteiger partial charge in [0.1, 0.15) is 0 Å². The van der Waals surface area contributed by atoms with Crippen LogP contribution in [0.4, 0.5) is 4.79 Å². The fourth-order valence-corrected chi connectivity index (χ4v) is 0.964. The Morgan fingerprint density at radius 3 is 2.62 bits per heavy atom. The Balaban J connectivity index is 3.83. The van der Waals surface area contributed by atoms with Gasteiger partial charge in [0.15, 0.2) is 0 Å². The zero-order valence-electron chi connectivity index (χ0n) is 7.45. The molecule has 0 bridgehead atoms.